The molecule has 3 aromatic carbocycles. The van der Waals surface area contributed by atoms with Crippen molar-refractivity contribution in [3.63, 3.8) is 0 Å². The number of aromatic nitrogens is 2. The number of aromatic amines is 1. The molecule has 4 nitrogen and oxygen atoms in total. The Labute approximate surface area is 151 Å². The first-order valence-electron chi connectivity index (χ1n) is 8.83. The normalized spacial score (nSPS) is 13.8. The van der Waals surface area contributed by atoms with Crippen LogP contribution >= 0.6 is 0 Å². The molecule has 0 aliphatic heterocycles. The number of nitrogens with zero attached hydrogens (tertiary/aromatic N) is 1. The number of H-pyrrole nitrogens is 1. The van der Waals surface area contributed by atoms with Crippen molar-refractivity contribution in [1.29, 1.82) is 0 Å². The molecule has 0 saturated heterocycles. The van der Waals surface area contributed by atoms with Crippen LogP contribution in [0, 0.1) is 0 Å². The average molecular weight is 341 g/mol. The summed E-state index contributed by atoms with van der Waals surface area (Å²) < 4.78 is 6.42. The maximum Gasteiger partial charge on any atom is 0.150 e. The maximum atomic E-state index is 6.42. The summed E-state index contributed by atoms with van der Waals surface area (Å²) in [6.45, 7) is 0. The smallest absolute Gasteiger partial charge is 0.150 e. The minimum absolute atomic E-state index is 0.119. The number of nitrogens with one attached hydrogen (secondary N) is 1. The van der Waals surface area contributed by atoms with Gasteiger partial charge in [-0.2, -0.15) is 5.10 Å². The Kier molecular flexibility index (Phi) is 3.42. The van der Waals surface area contributed by atoms with Gasteiger partial charge in [-0.3, -0.25) is 5.10 Å². The fourth-order valence-electron chi connectivity index (χ4n) is 3.79. The number of ether oxygens (including phenoxy) is 1. The number of fused-ring (bicyclic) bond motifs is 2. The van der Waals surface area contributed by atoms with E-state index in [0.717, 1.165) is 40.6 Å². The zero-order chi connectivity index (χ0) is 17.5. The van der Waals surface area contributed by atoms with Crippen LogP contribution in [0.15, 0.2) is 66.9 Å². The summed E-state index contributed by atoms with van der Waals surface area (Å²) in [5, 5.41) is 8.16. The molecule has 4 aromatic rings. The van der Waals surface area contributed by atoms with E-state index in [0.29, 0.717) is 5.69 Å². The minimum Gasteiger partial charge on any atom is -0.487 e. The molecule has 1 aromatic heterocycles. The van der Waals surface area contributed by atoms with Gasteiger partial charge in [-0.1, -0.05) is 42.5 Å². The van der Waals surface area contributed by atoms with Crippen molar-refractivity contribution >= 4 is 16.6 Å². The quantitative estimate of drug-likeness (QED) is 0.544. The van der Waals surface area contributed by atoms with Crippen LogP contribution in [0.4, 0.5) is 5.69 Å². The van der Waals surface area contributed by atoms with E-state index in [1.807, 2.05) is 24.4 Å². The summed E-state index contributed by atoms with van der Waals surface area (Å²) in [5.41, 5.74) is 12.8. The Balaban J connectivity index is 1.51. The first kappa shape index (κ1) is 15.0. The van der Waals surface area contributed by atoms with Crippen LogP contribution in [0.25, 0.3) is 22.0 Å². The first-order chi connectivity index (χ1) is 12.8. The largest absolute Gasteiger partial charge is 0.487 e. The lowest BCUT2D eigenvalue weighted by Crippen LogP contribution is -2.17. The van der Waals surface area contributed by atoms with Crippen LogP contribution in [0.5, 0.6) is 5.75 Å². The van der Waals surface area contributed by atoms with Gasteiger partial charge in [-0.25, -0.2) is 0 Å². The van der Waals surface area contributed by atoms with Gasteiger partial charge >= 0.3 is 0 Å². The number of para-hydroxylation sites is 1. The molecule has 1 heterocycles. The molecule has 128 valence electrons. The van der Waals surface area contributed by atoms with E-state index < -0.39 is 0 Å². The van der Waals surface area contributed by atoms with Crippen molar-refractivity contribution in [2.24, 2.45) is 0 Å². The SMILES string of the molecule is Nc1cccc(-c2ccc3[nH]ncc3c2)c1OC1Cc2ccccc2C1. The molecule has 1 aliphatic rings. The molecule has 1 aliphatic carbocycles. The molecule has 5 rings (SSSR count). The molecule has 4 heteroatoms. The third-order valence-corrected chi connectivity index (χ3v) is 5.09. The van der Waals surface area contributed by atoms with Gasteiger partial charge in [0, 0.05) is 23.8 Å². The topological polar surface area (TPSA) is 63.9 Å². The van der Waals surface area contributed by atoms with E-state index in [2.05, 4.69) is 52.7 Å². The number of hydrogen-bond acceptors (Lipinski definition) is 3. The van der Waals surface area contributed by atoms with Crippen LogP contribution in [0.2, 0.25) is 0 Å². The summed E-state index contributed by atoms with van der Waals surface area (Å²) in [5.74, 6) is 0.771. The minimum atomic E-state index is 0.119. The number of benzene rings is 3. The Morgan fingerprint density at radius 1 is 0.962 bits per heavy atom. The predicted octanol–water partition coefficient (Wildman–Crippen LogP) is 4.36. The van der Waals surface area contributed by atoms with E-state index in [-0.39, 0.29) is 6.10 Å². The maximum absolute atomic E-state index is 6.42. The van der Waals surface area contributed by atoms with Gasteiger partial charge in [-0.05, 0) is 34.9 Å². The molecule has 26 heavy (non-hydrogen) atoms. The lowest BCUT2D eigenvalue weighted by molar-refractivity contribution is 0.216. The lowest BCUT2D eigenvalue weighted by atomic mass is 10.0. The highest BCUT2D eigenvalue weighted by molar-refractivity contribution is 5.87. The van der Waals surface area contributed by atoms with Crippen LogP contribution < -0.4 is 10.5 Å². The standard InChI is InChI=1S/C22H19N3O/c23-20-7-3-6-19(16-8-9-21-17(10-16)13-24-25-21)22(20)26-18-11-14-4-1-2-5-15(14)12-18/h1-10,13,18H,11-12,23H2,(H,24,25). The highest BCUT2D eigenvalue weighted by Crippen LogP contribution is 2.38. The highest BCUT2D eigenvalue weighted by atomic mass is 16.5. The summed E-state index contributed by atoms with van der Waals surface area (Å²) in [6.07, 6.45) is 3.79. The second-order valence-corrected chi connectivity index (χ2v) is 6.81. The Hall–Kier alpha value is -3.27. The fourth-order valence-corrected chi connectivity index (χ4v) is 3.79. The third kappa shape index (κ3) is 2.51. The van der Waals surface area contributed by atoms with E-state index >= 15 is 0 Å². The predicted molar refractivity (Wildman–Crippen MR) is 104 cm³/mol. The Morgan fingerprint density at radius 2 is 1.77 bits per heavy atom. The van der Waals surface area contributed by atoms with E-state index in [1.165, 1.54) is 11.1 Å². The van der Waals surface area contributed by atoms with Crippen LogP contribution in [-0.2, 0) is 12.8 Å². The molecule has 0 bridgehead atoms. The van der Waals surface area contributed by atoms with Gasteiger partial charge < -0.3 is 10.5 Å². The number of rotatable bonds is 3. The molecule has 0 radical (unpaired) electrons. The van der Waals surface area contributed by atoms with Gasteiger partial charge in [-0.15, -0.1) is 0 Å². The Bertz CT molecular complexity index is 1070. The lowest BCUT2D eigenvalue weighted by Gasteiger charge is -2.18. The monoisotopic (exact) mass is 341 g/mol. The summed E-state index contributed by atoms with van der Waals surface area (Å²) >= 11 is 0. The van der Waals surface area contributed by atoms with E-state index in [4.69, 9.17) is 10.5 Å². The molecule has 0 atom stereocenters. The summed E-state index contributed by atoms with van der Waals surface area (Å²) in [7, 11) is 0. The number of anilines is 1. The highest BCUT2D eigenvalue weighted by Gasteiger charge is 2.24. The van der Waals surface area contributed by atoms with Crippen LogP contribution in [0.3, 0.4) is 0 Å². The number of nitrogens with two attached hydrogens (primary N) is 1. The fraction of sp³-hybridized carbons (Fsp3) is 0.136. The second kappa shape index (κ2) is 5.92. The molecule has 0 fully saturated rings. The molecule has 3 N–H and O–H groups in total. The first-order valence-corrected chi connectivity index (χ1v) is 8.83. The van der Waals surface area contributed by atoms with Gasteiger partial charge in [0.25, 0.3) is 0 Å². The summed E-state index contributed by atoms with van der Waals surface area (Å²) in [4.78, 5) is 0. The van der Waals surface area contributed by atoms with Crippen LogP contribution in [0.1, 0.15) is 11.1 Å². The van der Waals surface area contributed by atoms with Crippen molar-refractivity contribution in [1.82, 2.24) is 10.2 Å². The second-order valence-electron chi connectivity index (χ2n) is 6.81. The molecule has 0 spiro atoms. The van der Waals surface area contributed by atoms with E-state index in [9.17, 15) is 0 Å². The van der Waals surface area contributed by atoms with Crippen molar-refractivity contribution in [2.75, 3.05) is 5.73 Å². The molecular weight excluding hydrogens is 322 g/mol. The van der Waals surface area contributed by atoms with Gasteiger partial charge in [0.2, 0.25) is 0 Å². The van der Waals surface area contributed by atoms with Gasteiger partial charge in [0.1, 0.15) is 11.9 Å². The average Bonchev–Trinajstić information content (AvgIpc) is 3.28. The molecule has 0 unspecified atom stereocenters. The van der Waals surface area contributed by atoms with Crippen molar-refractivity contribution in [3.05, 3.63) is 78.0 Å². The summed E-state index contributed by atoms with van der Waals surface area (Å²) in [6, 6.07) is 20.7. The van der Waals surface area contributed by atoms with Crippen molar-refractivity contribution in [3.8, 4) is 16.9 Å². The van der Waals surface area contributed by atoms with Crippen molar-refractivity contribution in [2.45, 2.75) is 18.9 Å². The number of nitrogen functional groups attached to an aromatic ring is 1. The molecular formula is C22H19N3O. The molecule has 0 amide bonds. The van der Waals surface area contributed by atoms with Gasteiger partial charge in [0.15, 0.2) is 0 Å². The van der Waals surface area contributed by atoms with E-state index in [1.54, 1.807) is 0 Å². The van der Waals surface area contributed by atoms with Crippen LogP contribution in [-0.4, -0.2) is 16.3 Å². The number of hydrogen-bond donors (Lipinski definition) is 2. The van der Waals surface area contributed by atoms with Crippen molar-refractivity contribution < 1.29 is 4.74 Å². The zero-order valence-electron chi connectivity index (χ0n) is 14.3. The van der Waals surface area contributed by atoms with Gasteiger partial charge in [0.05, 0.1) is 17.4 Å². The molecule has 0 saturated carbocycles. The zero-order valence-corrected chi connectivity index (χ0v) is 14.3. The third-order valence-electron chi connectivity index (χ3n) is 5.09. The Morgan fingerprint density at radius 3 is 2.58 bits per heavy atom.